The summed E-state index contributed by atoms with van der Waals surface area (Å²) < 4.78 is 0.988. The average Bonchev–Trinajstić information content (AvgIpc) is 2.38. The normalized spacial score (nSPS) is 10.5. The second kappa shape index (κ2) is 8.56. The van der Waals surface area contributed by atoms with Crippen molar-refractivity contribution in [3.8, 4) is 0 Å². The number of hydrogen-bond acceptors (Lipinski definition) is 2. The van der Waals surface area contributed by atoms with E-state index in [4.69, 9.17) is 11.6 Å². The highest BCUT2D eigenvalue weighted by atomic mass is 79.9. The van der Waals surface area contributed by atoms with Gasteiger partial charge in [-0.3, -0.25) is 4.79 Å². The Morgan fingerprint density at radius 1 is 1.37 bits per heavy atom. The summed E-state index contributed by atoms with van der Waals surface area (Å²) in [5, 5.41) is 3.99. The molecule has 1 rings (SSSR count). The lowest BCUT2D eigenvalue weighted by molar-refractivity contribution is -0.130. The van der Waals surface area contributed by atoms with Gasteiger partial charge in [-0.1, -0.05) is 33.6 Å². The second-order valence-corrected chi connectivity index (χ2v) is 5.52. The summed E-state index contributed by atoms with van der Waals surface area (Å²) >= 11 is 9.36. The molecule has 0 aromatic heterocycles. The van der Waals surface area contributed by atoms with Crippen LogP contribution in [0.4, 0.5) is 0 Å². The molecule has 19 heavy (non-hydrogen) atoms. The maximum Gasteiger partial charge on any atom is 0.223 e. The van der Waals surface area contributed by atoms with E-state index in [1.165, 1.54) is 0 Å². The van der Waals surface area contributed by atoms with Gasteiger partial charge in [0.05, 0.1) is 0 Å². The first kappa shape index (κ1) is 16.5. The zero-order chi connectivity index (χ0) is 14.3. The number of amides is 1. The van der Waals surface area contributed by atoms with Crippen LogP contribution in [0.5, 0.6) is 0 Å². The summed E-state index contributed by atoms with van der Waals surface area (Å²) in [5.41, 5.74) is 1.14. The van der Waals surface area contributed by atoms with Gasteiger partial charge in [0.2, 0.25) is 5.91 Å². The van der Waals surface area contributed by atoms with Crippen LogP contribution in [0.15, 0.2) is 22.7 Å². The minimum atomic E-state index is 0.202. The van der Waals surface area contributed by atoms with E-state index < -0.39 is 0 Å². The number of rotatable bonds is 7. The summed E-state index contributed by atoms with van der Waals surface area (Å²) in [6.07, 6.45) is 0.535. The molecule has 5 heteroatoms. The maximum atomic E-state index is 11.8. The molecule has 0 atom stereocenters. The Bertz CT molecular complexity index is 422. The molecule has 0 radical (unpaired) electrons. The van der Waals surface area contributed by atoms with E-state index in [9.17, 15) is 4.79 Å². The van der Waals surface area contributed by atoms with Gasteiger partial charge in [0.15, 0.2) is 0 Å². The third-order valence-electron chi connectivity index (χ3n) is 2.96. The fourth-order valence-electron chi connectivity index (χ4n) is 1.82. The van der Waals surface area contributed by atoms with Crippen LogP contribution in [0.2, 0.25) is 5.02 Å². The van der Waals surface area contributed by atoms with Crippen molar-refractivity contribution in [2.45, 2.75) is 26.8 Å². The Balaban J connectivity index is 2.33. The molecule has 0 saturated heterocycles. The van der Waals surface area contributed by atoms with Crippen LogP contribution in [0.3, 0.4) is 0 Å². The van der Waals surface area contributed by atoms with Gasteiger partial charge in [0.25, 0.3) is 0 Å². The summed E-state index contributed by atoms with van der Waals surface area (Å²) in [4.78, 5) is 13.6. The number of hydrogen-bond donors (Lipinski definition) is 1. The summed E-state index contributed by atoms with van der Waals surface area (Å²) in [6, 6.07) is 5.72. The Morgan fingerprint density at radius 3 is 2.63 bits per heavy atom. The highest BCUT2D eigenvalue weighted by Crippen LogP contribution is 2.21. The van der Waals surface area contributed by atoms with Crippen molar-refractivity contribution >= 4 is 33.4 Å². The van der Waals surface area contributed by atoms with Crippen molar-refractivity contribution in [1.29, 1.82) is 0 Å². The summed E-state index contributed by atoms with van der Waals surface area (Å²) in [6.45, 7) is 6.96. The maximum absolute atomic E-state index is 11.8. The summed E-state index contributed by atoms with van der Waals surface area (Å²) in [7, 11) is 0. The van der Waals surface area contributed by atoms with E-state index in [2.05, 4.69) is 21.2 Å². The predicted molar refractivity (Wildman–Crippen MR) is 83.4 cm³/mol. The Kier molecular flexibility index (Phi) is 7.42. The van der Waals surface area contributed by atoms with Crippen molar-refractivity contribution in [3.05, 3.63) is 33.3 Å². The van der Waals surface area contributed by atoms with Crippen molar-refractivity contribution in [3.63, 3.8) is 0 Å². The average molecular weight is 348 g/mol. The van der Waals surface area contributed by atoms with E-state index in [0.29, 0.717) is 18.0 Å². The lowest BCUT2D eigenvalue weighted by Gasteiger charge is -2.18. The van der Waals surface area contributed by atoms with E-state index in [1.54, 1.807) is 0 Å². The fourth-order valence-corrected chi connectivity index (χ4v) is 2.64. The molecule has 0 heterocycles. The Hall–Kier alpha value is -0.580. The van der Waals surface area contributed by atoms with Crippen LogP contribution in [-0.2, 0) is 11.3 Å². The van der Waals surface area contributed by atoms with E-state index >= 15 is 0 Å². The SMILES string of the molecule is CCN(CC)C(=O)CCNCc1ccc(Cl)cc1Br. The molecule has 0 unspecified atom stereocenters. The van der Waals surface area contributed by atoms with Crippen molar-refractivity contribution in [2.24, 2.45) is 0 Å². The van der Waals surface area contributed by atoms with Crippen molar-refractivity contribution in [2.75, 3.05) is 19.6 Å². The molecule has 1 amide bonds. The first-order valence-electron chi connectivity index (χ1n) is 6.50. The standard InChI is InChI=1S/C14H20BrClN2O/c1-3-18(4-2)14(19)7-8-17-10-11-5-6-12(16)9-13(11)15/h5-6,9,17H,3-4,7-8,10H2,1-2H3. The third-order valence-corrected chi connectivity index (χ3v) is 3.94. The van der Waals surface area contributed by atoms with Crippen LogP contribution in [0.1, 0.15) is 25.8 Å². The van der Waals surface area contributed by atoms with Crippen LogP contribution in [0.25, 0.3) is 0 Å². The fraction of sp³-hybridized carbons (Fsp3) is 0.500. The lowest BCUT2D eigenvalue weighted by Crippen LogP contribution is -2.32. The molecular formula is C14H20BrClN2O. The van der Waals surface area contributed by atoms with Gasteiger partial charge in [0, 0.05) is 42.1 Å². The largest absolute Gasteiger partial charge is 0.343 e. The van der Waals surface area contributed by atoms with Gasteiger partial charge < -0.3 is 10.2 Å². The third kappa shape index (κ3) is 5.51. The van der Waals surface area contributed by atoms with Gasteiger partial charge in [-0.15, -0.1) is 0 Å². The molecule has 0 saturated carbocycles. The number of halogens is 2. The molecule has 0 fully saturated rings. The molecule has 1 aromatic carbocycles. The number of nitrogens with zero attached hydrogens (tertiary/aromatic N) is 1. The van der Waals surface area contributed by atoms with Gasteiger partial charge in [-0.25, -0.2) is 0 Å². The minimum absolute atomic E-state index is 0.202. The quantitative estimate of drug-likeness (QED) is 0.766. The first-order chi connectivity index (χ1) is 9.08. The molecule has 0 aliphatic carbocycles. The number of nitrogens with one attached hydrogen (secondary N) is 1. The molecular weight excluding hydrogens is 328 g/mol. The monoisotopic (exact) mass is 346 g/mol. The Morgan fingerprint density at radius 2 is 2.05 bits per heavy atom. The lowest BCUT2D eigenvalue weighted by atomic mass is 10.2. The van der Waals surface area contributed by atoms with Crippen LogP contribution < -0.4 is 5.32 Å². The first-order valence-corrected chi connectivity index (χ1v) is 7.68. The Labute approximate surface area is 128 Å². The molecule has 0 aliphatic heterocycles. The molecule has 1 aromatic rings. The molecule has 106 valence electrons. The van der Waals surface area contributed by atoms with Crippen molar-refractivity contribution < 1.29 is 4.79 Å². The number of carbonyl (C=O) groups excluding carboxylic acids is 1. The van der Waals surface area contributed by atoms with Crippen LogP contribution in [-0.4, -0.2) is 30.4 Å². The van der Waals surface area contributed by atoms with Gasteiger partial charge in [0.1, 0.15) is 0 Å². The van der Waals surface area contributed by atoms with Crippen molar-refractivity contribution in [1.82, 2.24) is 10.2 Å². The number of benzene rings is 1. The van der Waals surface area contributed by atoms with Gasteiger partial charge in [-0.2, -0.15) is 0 Å². The highest BCUT2D eigenvalue weighted by molar-refractivity contribution is 9.10. The topological polar surface area (TPSA) is 32.3 Å². The predicted octanol–water partition coefficient (Wildman–Crippen LogP) is 3.45. The molecule has 1 N–H and O–H groups in total. The minimum Gasteiger partial charge on any atom is -0.343 e. The summed E-state index contributed by atoms with van der Waals surface area (Å²) in [5.74, 6) is 0.202. The molecule has 0 spiro atoms. The highest BCUT2D eigenvalue weighted by Gasteiger charge is 2.08. The molecule has 0 aliphatic rings. The van der Waals surface area contributed by atoms with E-state index in [-0.39, 0.29) is 5.91 Å². The van der Waals surface area contributed by atoms with Crippen LogP contribution >= 0.6 is 27.5 Å². The van der Waals surface area contributed by atoms with Gasteiger partial charge in [-0.05, 0) is 31.5 Å². The zero-order valence-corrected chi connectivity index (χ0v) is 13.7. The van der Waals surface area contributed by atoms with Crippen LogP contribution in [0, 0.1) is 0 Å². The smallest absolute Gasteiger partial charge is 0.223 e. The number of carbonyl (C=O) groups is 1. The molecule has 0 bridgehead atoms. The van der Waals surface area contributed by atoms with E-state index in [0.717, 1.165) is 29.7 Å². The zero-order valence-electron chi connectivity index (χ0n) is 11.4. The van der Waals surface area contributed by atoms with Gasteiger partial charge >= 0.3 is 0 Å². The van der Waals surface area contributed by atoms with E-state index in [1.807, 2.05) is 36.9 Å². The second-order valence-electron chi connectivity index (χ2n) is 4.23. The molecule has 3 nitrogen and oxygen atoms in total.